The molecule has 1 aromatic heterocycles. The number of hydrogen-bond donors (Lipinski definition) is 1. The molecule has 20 heavy (non-hydrogen) atoms. The van der Waals surface area contributed by atoms with Crippen molar-refractivity contribution in [1.82, 2.24) is 4.98 Å². The standard InChI is InChI=1S/C15H15ClN2OS/c1-2-14(20-13-5-3-11(16)4-6-13)15(19)18-12-7-9-17-10-8-12/h3-10,14H,2H2,1H3,(H,17,18,19). The molecular formula is C15H15ClN2OS. The predicted octanol–water partition coefficient (Wildman–Crippen LogP) is 4.24. The highest BCUT2D eigenvalue weighted by Crippen LogP contribution is 2.27. The Morgan fingerprint density at radius 2 is 1.90 bits per heavy atom. The third-order valence-corrected chi connectivity index (χ3v) is 4.33. The first-order valence-corrected chi connectivity index (χ1v) is 7.58. The molecule has 3 nitrogen and oxygen atoms in total. The SMILES string of the molecule is CCC(Sc1ccc(Cl)cc1)C(=O)Nc1ccncc1. The number of hydrogen-bond acceptors (Lipinski definition) is 3. The summed E-state index contributed by atoms with van der Waals surface area (Å²) in [5.74, 6) is -0.00125. The molecular weight excluding hydrogens is 292 g/mol. The van der Waals surface area contributed by atoms with Crippen LogP contribution in [0.25, 0.3) is 0 Å². The van der Waals surface area contributed by atoms with Crippen LogP contribution in [0.3, 0.4) is 0 Å². The van der Waals surface area contributed by atoms with Gasteiger partial charge in [-0.1, -0.05) is 18.5 Å². The Labute approximate surface area is 127 Å². The van der Waals surface area contributed by atoms with Gasteiger partial charge in [-0.25, -0.2) is 0 Å². The summed E-state index contributed by atoms with van der Waals surface area (Å²) in [7, 11) is 0. The number of pyridine rings is 1. The van der Waals surface area contributed by atoms with E-state index >= 15 is 0 Å². The van der Waals surface area contributed by atoms with Crippen LogP contribution in [0.5, 0.6) is 0 Å². The van der Waals surface area contributed by atoms with Crippen molar-refractivity contribution in [3.05, 3.63) is 53.8 Å². The number of aromatic nitrogens is 1. The molecule has 1 N–H and O–H groups in total. The molecule has 104 valence electrons. The largest absolute Gasteiger partial charge is 0.325 e. The van der Waals surface area contributed by atoms with E-state index in [-0.39, 0.29) is 11.2 Å². The number of carbonyl (C=O) groups excluding carboxylic acids is 1. The highest BCUT2D eigenvalue weighted by atomic mass is 35.5. The van der Waals surface area contributed by atoms with Crippen molar-refractivity contribution in [2.24, 2.45) is 0 Å². The van der Waals surface area contributed by atoms with Gasteiger partial charge in [0.2, 0.25) is 5.91 Å². The Morgan fingerprint density at radius 1 is 1.25 bits per heavy atom. The number of benzene rings is 1. The number of thioether (sulfide) groups is 1. The Hall–Kier alpha value is -1.52. The predicted molar refractivity (Wildman–Crippen MR) is 84.3 cm³/mol. The molecule has 0 saturated carbocycles. The summed E-state index contributed by atoms with van der Waals surface area (Å²) in [5.41, 5.74) is 0.764. The summed E-state index contributed by atoms with van der Waals surface area (Å²) in [4.78, 5) is 17.2. The van der Waals surface area contributed by atoms with E-state index in [0.717, 1.165) is 17.0 Å². The monoisotopic (exact) mass is 306 g/mol. The molecule has 0 aliphatic carbocycles. The maximum Gasteiger partial charge on any atom is 0.237 e. The average molecular weight is 307 g/mol. The second kappa shape index (κ2) is 7.31. The van der Waals surface area contributed by atoms with Gasteiger partial charge in [0.15, 0.2) is 0 Å². The number of rotatable bonds is 5. The first kappa shape index (κ1) is 14.9. The highest BCUT2D eigenvalue weighted by Gasteiger charge is 2.17. The number of amides is 1. The normalized spacial score (nSPS) is 11.9. The van der Waals surface area contributed by atoms with Crippen molar-refractivity contribution < 1.29 is 4.79 Å². The summed E-state index contributed by atoms with van der Waals surface area (Å²) in [6, 6.07) is 11.1. The Morgan fingerprint density at radius 3 is 2.50 bits per heavy atom. The van der Waals surface area contributed by atoms with Crippen LogP contribution >= 0.6 is 23.4 Å². The summed E-state index contributed by atoms with van der Waals surface area (Å²) in [6.07, 6.45) is 4.07. The van der Waals surface area contributed by atoms with Crippen molar-refractivity contribution >= 4 is 35.0 Å². The molecule has 0 saturated heterocycles. The number of halogens is 1. The molecule has 0 spiro atoms. The Bertz CT molecular complexity index is 560. The van der Waals surface area contributed by atoms with Gasteiger partial charge < -0.3 is 5.32 Å². The van der Waals surface area contributed by atoms with Gasteiger partial charge in [0.05, 0.1) is 5.25 Å². The lowest BCUT2D eigenvalue weighted by atomic mass is 10.3. The van der Waals surface area contributed by atoms with Gasteiger partial charge in [-0.3, -0.25) is 9.78 Å². The van der Waals surface area contributed by atoms with Gasteiger partial charge in [0.1, 0.15) is 0 Å². The van der Waals surface area contributed by atoms with Crippen LogP contribution in [-0.4, -0.2) is 16.1 Å². The highest BCUT2D eigenvalue weighted by molar-refractivity contribution is 8.00. The van der Waals surface area contributed by atoms with E-state index in [1.807, 2.05) is 31.2 Å². The topological polar surface area (TPSA) is 42.0 Å². The average Bonchev–Trinajstić information content (AvgIpc) is 2.47. The molecule has 0 aliphatic heterocycles. The second-order valence-electron chi connectivity index (χ2n) is 4.19. The molecule has 2 aromatic rings. The van der Waals surface area contributed by atoms with Crippen LogP contribution in [0.1, 0.15) is 13.3 Å². The zero-order valence-corrected chi connectivity index (χ0v) is 12.6. The maximum absolute atomic E-state index is 12.2. The van der Waals surface area contributed by atoms with Gasteiger partial charge in [0.25, 0.3) is 0 Å². The summed E-state index contributed by atoms with van der Waals surface area (Å²) in [5, 5.41) is 3.46. The van der Waals surface area contributed by atoms with Crippen LogP contribution in [0.4, 0.5) is 5.69 Å². The Balaban J connectivity index is 2.00. The van der Waals surface area contributed by atoms with Crippen LogP contribution in [0.2, 0.25) is 5.02 Å². The van der Waals surface area contributed by atoms with Crippen LogP contribution in [0.15, 0.2) is 53.7 Å². The molecule has 0 fully saturated rings. The zero-order valence-electron chi connectivity index (χ0n) is 11.0. The van der Waals surface area contributed by atoms with E-state index in [4.69, 9.17) is 11.6 Å². The fourth-order valence-electron chi connectivity index (χ4n) is 1.66. The van der Waals surface area contributed by atoms with E-state index in [0.29, 0.717) is 5.02 Å². The summed E-state index contributed by atoms with van der Waals surface area (Å²) >= 11 is 7.40. The minimum Gasteiger partial charge on any atom is -0.325 e. The molecule has 2 rings (SSSR count). The second-order valence-corrected chi connectivity index (χ2v) is 5.91. The lowest BCUT2D eigenvalue weighted by Gasteiger charge is -2.14. The number of carbonyl (C=O) groups is 1. The molecule has 1 heterocycles. The van der Waals surface area contributed by atoms with Gasteiger partial charge >= 0.3 is 0 Å². The molecule has 0 bridgehead atoms. The lowest BCUT2D eigenvalue weighted by Crippen LogP contribution is -2.24. The van der Waals surface area contributed by atoms with Gasteiger partial charge in [-0.2, -0.15) is 0 Å². The van der Waals surface area contributed by atoms with Crippen molar-refractivity contribution in [3.8, 4) is 0 Å². The summed E-state index contributed by atoms with van der Waals surface area (Å²) in [6.45, 7) is 2.00. The molecule has 1 atom stereocenters. The number of nitrogens with zero attached hydrogens (tertiary/aromatic N) is 1. The zero-order chi connectivity index (χ0) is 14.4. The van der Waals surface area contributed by atoms with Crippen molar-refractivity contribution in [1.29, 1.82) is 0 Å². The number of anilines is 1. The molecule has 0 radical (unpaired) electrons. The first-order chi connectivity index (χ1) is 9.69. The van der Waals surface area contributed by atoms with Gasteiger partial charge in [-0.15, -0.1) is 11.8 Å². The summed E-state index contributed by atoms with van der Waals surface area (Å²) < 4.78 is 0. The molecule has 1 aromatic carbocycles. The molecule has 1 amide bonds. The van der Waals surface area contributed by atoms with E-state index in [1.165, 1.54) is 11.8 Å². The molecule has 0 aliphatic rings. The van der Waals surface area contributed by atoms with Crippen LogP contribution in [0, 0.1) is 0 Å². The van der Waals surface area contributed by atoms with Crippen LogP contribution in [-0.2, 0) is 4.79 Å². The quantitative estimate of drug-likeness (QED) is 0.840. The maximum atomic E-state index is 12.2. The van der Waals surface area contributed by atoms with Crippen LogP contribution < -0.4 is 5.32 Å². The molecule has 1 unspecified atom stereocenters. The Kier molecular flexibility index (Phi) is 5.44. The number of nitrogens with one attached hydrogen (secondary N) is 1. The minimum absolute atomic E-state index is 0.00125. The van der Waals surface area contributed by atoms with Crippen molar-refractivity contribution in [3.63, 3.8) is 0 Å². The fraction of sp³-hybridized carbons (Fsp3) is 0.200. The lowest BCUT2D eigenvalue weighted by molar-refractivity contribution is -0.115. The first-order valence-electron chi connectivity index (χ1n) is 6.32. The van der Waals surface area contributed by atoms with E-state index in [1.54, 1.807) is 24.5 Å². The van der Waals surface area contributed by atoms with E-state index < -0.39 is 0 Å². The smallest absolute Gasteiger partial charge is 0.237 e. The van der Waals surface area contributed by atoms with Crippen molar-refractivity contribution in [2.45, 2.75) is 23.5 Å². The fourth-order valence-corrected chi connectivity index (χ4v) is 2.74. The van der Waals surface area contributed by atoms with E-state index in [9.17, 15) is 4.79 Å². The molecule has 5 heteroatoms. The third kappa shape index (κ3) is 4.25. The van der Waals surface area contributed by atoms with Gasteiger partial charge in [-0.05, 0) is 42.8 Å². The van der Waals surface area contributed by atoms with Crippen molar-refractivity contribution in [2.75, 3.05) is 5.32 Å². The minimum atomic E-state index is -0.135. The third-order valence-electron chi connectivity index (χ3n) is 2.70. The van der Waals surface area contributed by atoms with E-state index in [2.05, 4.69) is 10.3 Å². The van der Waals surface area contributed by atoms with Gasteiger partial charge in [0, 0.05) is 28.0 Å².